The topological polar surface area (TPSA) is 187 Å². The molecule has 7 aliphatic rings. The van der Waals surface area contributed by atoms with Crippen LogP contribution in [-0.4, -0.2) is 128 Å². The Morgan fingerprint density at radius 1 is 1.03 bits per heavy atom. The van der Waals surface area contributed by atoms with Gasteiger partial charge in [-0.3, -0.25) is 33.5 Å². The second-order valence-corrected chi connectivity index (χ2v) is 18.3. The second-order valence-electron chi connectivity index (χ2n) is 18.3. The number of amidine groups is 1. The highest BCUT2D eigenvalue weighted by atomic mass is 19.3. The Kier molecular flexibility index (Phi) is 11.1. The van der Waals surface area contributed by atoms with Crippen molar-refractivity contribution < 1.29 is 27.9 Å². The van der Waals surface area contributed by atoms with Crippen LogP contribution in [0.25, 0.3) is 11.0 Å². The number of hydrogen-bond donors (Lipinski definition) is 4. The first kappa shape index (κ1) is 41.5. The number of para-hydroxylation sites is 1. The van der Waals surface area contributed by atoms with Gasteiger partial charge < -0.3 is 35.5 Å². The summed E-state index contributed by atoms with van der Waals surface area (Å²) in [6, 6.07) is 5.42. The Morgan fingerprint density at radius 3 is 2.51 bits per heavy atom. The molecular formula is C44H54F2N12O5. The zero-order chi connectivity index (χ0) is 43.5. The summed E-state index contributed by atoms with van der Waals surface area (Å²) in [5.74, 6) is 0.715. The van der Waals surface area contributed by atoms with Crippen molar-refractivity contribution in [2.24, 2.45) is 23.9 Å². The number of amides is 3. The first-order valence-electron chi connectivity index (χ1n) is 22.3. The highest BCUT2D eigenvalue weighted by Crippen LogP contribution is 2.50. The number of nitrogens with zero attached hydrogens (tertiary/aromatic N) is 8. The Labute approximate surface area is 362 Å². The van der Waals surface area contributed by atoms with Gasteiger partial charge in [0.15, 0.2) is 5.69 Å². The average molecular weight is 869 g/mol. The number of aryl methyl sites for hydroxylation is 1. The SMILES string of the molecule is Cn1c(=O)n(C2CCC(=O)NC2=O)c2cccc([C@H]3C[C@@H]3CN3CCN(C[C@H]4CC[C@H](n5cc(NC(=O)/C(C=N)=C6\N=C(N7C[C@H]8CC7CO8)C=CN6)c(C(F)F)n5)CC4)CC3)c21. The van der Waals surface area contributed by atoms with Crippen molar-refractivity contribution in [3.8, 4) is 0 Å². The van der Waals surface area contributed by atoms with Crippen LogP contribution in [-0.2, 0) is 26.2 Å². The van der Waals surface area contributed by atoms with Crippen LogP contribution in [0.15, 0.2) is 57.9 Å². The van der Waals surface area contributed by atoms with Gasteiger partial charge in [-0.25, -0.2) is 18.6 Å². The molecule has 5 atom stereocenters. The van der Waals surface area contributed by atoms with Gasteiger partial charge in [-0.15, -0.1) is 0 Å². The predicted octanol–water partition coefficient (Wildman–Crippen LogP) is 3.39. The summed E-state index contributed by atoms with van der Waals surface area (Å²) >= 11 is 0. The summed E-state index contributed by atoms with van der Waals surface area (Å²) in [4.78, 5) is 63.2. The van der Waals surface area contributed by atoms with Gasteiger partial charge in [-0.2, -0.15) is 5.10 Å². The summed E-state index contributed by atoms with van der Waals surface area (Å²) < 4.78 is 39.1. The Bertz CT molecular complexity index is 2470. The van der Waals surface area contributed by atoms with Gasteiger partial charge in [0.1, 0.15) is 17.7 Å². The number of carbonyl (C=O) groups excluding carboxylic acids is 3. The molecule has 4 N–H and O–H groups in total. The van der Waals surface area contributed by atoms with Gasteiger partial charge >= 0.3 is 5.69 Å². The van der Waals surface area contributed by atoms with E-state index in [0.717, 1.165) is 101 Å². The van der Waals surface area contributed by atoms with Gasteiger partial charge in [0, 0.05) is 77.9 Å². The zero-order valence-corrected chi connectivity index (χ0v) is 35.3. The second kappa shape index (κ2) is 16.9. The molecule has 2 aliphatic carbocycles. The molecule has 10 rings (SSSR count). The molecule has 19 heteroatoms. The number of benzene rings is 1. The van der Waals surface area contributed by atoms with E-state index >= 15 is 0 Å². The minimum atomic E-state index is -2.89. The minimum absolute atomic E-state index is 0.0605. The van der Waals surface area contributed by atoms with Gasteiger partial charge in [-0.1, -0.05) is 12.1 Å². The quantitative estimate of drug-likeness (QED) is 0.127. The number of ether oxygens (including phenoxy) is 1. The lowest BCUT2D eigenvalue weighted by Crippen LogP contribution is -2.48. The van der Waals surface area contributed by atoms with E-state index in [0.29, 0.717) is 43.2 Å². The number of aromatic nitrogens is 4. The molecule has 4 saturated heterocycles. The minimum Gasteiger partial charge on any atom is -0.374 e. The summed E-state index contributed by atoms with van der Waals surface area (Å²) in [6.07, 6.45) is 9.11. The number of aliphatic imine (C=N–C) groups is 1. The number of piperazine rings is 1. The maximum absolute atomic E-state index is 14.3. The van der Waals surface area contributed by atoms with E-state index in [1.54, 1.807) is 27.1 Å². The Hall–Kier alpha value is -5.53. The maximum atomic E-state index is 14.3. The average Bonchev–Trinajstić information content (AvgIpc) is 3.60. The fraction of sp³-hybridized carbons (Fsp3) is 0.568. The van der Waals surface area contributed by atoms with E-state index in [2.05, 4.69) is 46.8 Å². The van der Waals surface area contributed by atoms with E-state index < -0.39 is 30.0 Å². The molecule has 63 heavy (non-hydrogen) atoms. The highest BCUT2D eigenvalue weighted by Gasteiger charge is 2.43. The first-order valence-corrected chi connectivity index (χ1v) is 22.3. The van der Waals surface area contributed by atoms with Crippen molar-refractivity contribution in [3.05, 3.63) is 69.8 Å². The van der Waals surface area contributed by atoms with Gasteiger partial charge in [-0.05, 0) is 80.4 Å². The van der Waals surface area contributed by atoms with E-state index in [1.165, 1.54) is 6.20 Å². The fourth-order valence-corrected chi connectivity index (χ4v) is 10.9. The Balaban J connectivity index is 0.707. The van der Waals surface area contributed by atoms with Crippen molar-refractivity contribution in [1.82, 2.24) is 44.2 Å². The van der Waals surface area contributed by atoms with Crippen molar-refractivity contribution in [2.75, 3.05) is 57.7 Å². The summed E-state index contributed by atoms with van der Waals surface area (Å²) in [6.45, 7) is 7.24. The summed E-state index contributed by atoms with van der Waals surface area (Å²) in [7, 11) is 1.76. The molecule has 1 aromatic carbocycles. The Morgan fingerprint density at radius 2 is 1.81 bits per heavy atom. The van der Waals surface area contributed by atoms with Gasteiger partial charge in [0.05, 0.1) is 47.1 Å². The van der Waals surface area contributed by atoms with Crippen LogP contribution in [0.1, 0.15) is 87.1 Å². The van der Waals surface area contributed by atoms with Crippen LogP contribution in [0.2, 0.25) is 0 Å². The first-order chi connectivity index (χ1) is 30.5. The number of carbonyl (C=O) groups is 3. The number of fused-ring (bicyclic) bond motifs is 3. The zero-order valence-electron chi connectivity index (χ0n) is 35.3. The molecular weight excluding hydrogens is 815 g/mol. The number of morpholine rings is 1. The largest absolute Gasteiger partial charge is 0.374 e. The third kappa shape index (κ3) is 8.03. The van der Waals surface area contributed by atoms with Crippen LogP contribution in [0.4, 0.5) is 14.5 Å². The molecule has 6 fully saturated rings. The van der Waals surface area contributed by atoms with Crippen molar-refractivity contribution in [2.45, 2.75) is 87.9 Å². The molecule has 3 aromatic rings. The number of halogens is 2. The number of likely N-dealkylation sites (tertiary alicyclic amines) is 1. The smallest absolute Gasteiger partial charge is 0.329 e. The lowest BCUT2D eigenvalue weighted by Gasteiger charge is -2.38. The molecule has 3 amide bonds. The summed E-state index contributed by atoms with van der Waals surface area (Å²) in [5.41, 5.74) is 1.87. The van der Waals surface area contributed by atoms with Crippen molar-refractivity contribution >= 4 is 46.5 Å². The van der Waals surface area contributed by atoms with Crippen LogP contribution in [0.3, 0.4) is 0 Å². The number of alkyl halides is 2. The molecule has 2 bridgehead atoms. The molecule has 2 unspecified atom stereocenters. The summed E-state index contributed by atoms with van der Waals surface area (Å²) in [5, 5.41) is 20.2. The molecule has 2 saturated carbocycles. The van der Waals surface area contributed by atoms with Gasteiger partial charge in [0.2, 0.25) is 11.8 Å². The van der Waals surface area contributed by atoms with Crippen LogP contribution < -0.4 is 21.6 Å². The number of piperidine rings is 1. The van der Waals surface area contributed by atoms with E-state index in [1.807, 2.05) is 18.2 Å². The van der Waals surface area contributed by atoms with Crippen molar-refractivity contribution in [3.63, 3.8) is 0 Å². The normalized spacial score (nSPS) is 29.6. The molecule has 17 nitrogen and oxygen atoms in total. The predicted molar refractivity (Wildman–Crippen MR) is 230 cm³/mol. The van der Waals surface area contributed by atoms with E-state index in [9.17, 15) is 28.0 Å². The number of anilines is 1. The third-order valence-electron chi connectivity index (χ3n) is 14.4. The van der Waals surface area contributed by atoms with Crippen LogP contribution >= 0.6 is 0 Å². The molecule has 7 heterocycles. The van der Waals surface area contributed by atoms with Crippen molar-refractivity contribution in [1.29, 1.82) is 5.41 Å². The highest BCUT2D eigenvalue weighted by molar-refractivity contribution is 6.18. The standard InChI is InChI=1S/C44H54F2N12O5/c1-53-39-30(3-2-4-34(39)58(44(53)62)35-9-10-37(59)51-43(35)61)31-17-26(31)21-55-15-13-54(14-16-55)20-25-5-7-27(8-6-25)57-23-33(38(52-57)40(45)46)49-42(60)32(19-47)41-48-12-11-36(50-41)56-22-29-18-28(56)24-63-29/h2-4,11-12,19,23,25-29,31,35,40,47-48H,5-10,13-18,20-22,24H2,1H3,(H,49,60)(H,51,59,61)/b41-32-,47-19?/t25-,26-,27-,28?,29-,31+,35?/m1/s1. The lowest BCUT2D eigenvalue weighted by atomic mass is 9.85. The molecule has 0 radical (unpaired) electrons. The van der Waals surface area contributed by atoms with Gasteiger partial charge in [0.25, 0.3) is 12.3 Å². The number of hydrogen-bond acceptors (Lipinski definition) is 12. The number of nitrogens with one attached hydrogen (secondary N) is 4. The molecule has 2 aromatic heterocycles. The van der Waals surface area contributed by atoms with Crippen LogP contribution in [0, 0.1) is 17.2 Å². The molecule has 0 spiro atoms. The fourth-order valence-electron chi connectivity index (χ4n) is 10.9. The van der Waals surface area contributed by atoms with E-state index in [-0.39, 0.29) is 53.3 Å². The number of imidazole rings is 1. The third-order valence-corrected chi connectivity index (χ3v) is 14.4. The van der Waals surface area contributed by atoms with E-state index in [4.69, 9.17) is 10.1 Å². The monoisotopic (exact) mass is 868 g/mol. The molecule has 5 aliphatic heterocycles. The molecule has 334 valence electrons. The van der Waals surface area contributed by atoms with Crippen LogP contribution in [0.5, 0.6) is 0 Å². The number of rotatable bonds is 11. The number of imide groups is 1. The lowest BCUT2D eigenvalue weighted by molar-refractivity contribution is -0.135. The maximum Gasteiger partial charge on any atom is 0.329 e.